The predicted octanol–water partition coefficient (Wildman–Crippen LogP) is 4.08. The van der Waals surface area contributed by atoms with Crippen molar-refractivity contribution >= 4 is 12.2 Å². The molecule has 0 saturated carbocycles. The quantitative estimate of drug-likeness (QED) is 0.116. The van der Waals surface area contributed by atoms with Gasteiger partial charge in [-0.3, -0.25) is 10.3 Å². The van der Waals surface area contributed by atoms with Crippen molar-refractivity contribution in [2.75, 3.05) is 54.2 Å². The lowest BCUT2D eigenvalue weighted by Gasteiger charge is -2.44. The Kier molecular flexibility index (Phi) is 10.2. The summed E-state index contributed by atoms with van der Waals surface area (Å²) in [6.45, 7) is 1.54. The number of aryl methyl sites for hydroxylation is 1. The number of benzene rings is 4. The minimum atomic E-state index is -0.550. The van der Waals surface area contributed by atoms with Crippen LogP contribution in [0.1, 0.15) is 75.3 Å². The maximum atomic E-state index is 11.5. The molecule has 3 heterocycles. The monoisotopic (exact) mass is 773 g/mol. The van der Waals surface area contributed by atoms with E-state index in [0.717, 1.165) is 66.6 Å². The molecule has 4 aromatic carbocycles. The van der Waals surface area contributed by atoms with Crippen molar-refractivity contribution in [2.24, 2.45) is 4.99 Å². The number of nitrogens with one attached hydrogen (secondary N) is 2. The second-order valence-corrected chi connectivity index (χ2v) is 15.8. The number of ether oxygens (including phenoxy) is 4. The number of aromatic hydroxyl groups is 2. The van der Waals surface area contributed by atoms with Crippen LogP contribution in [-0.4, -0.2) is 86.9 Å². The fourth-order valence-electron chi connectivity index (χ4n) is 10.0. The molecule has 5 aliphatic rings. The van der Waals surface area contributed by atoms with Crippen molar-refractivity contribution in [2.45, 2.75) is 68.7 Å². The molecule has 2 aliphatic carbocycles. The number of phenols is 2. The third-order valence-corrected chi connectivity index (χ3v) is 12.5. The Morgan fingerprint density at radius 1 is 0.930 bits per heavy atom. The second-order valence-electron chi connectivity index (χ2n) is 15.8. The minimum absolute atomic E-state index is 0.00165. The number of rotatable bonds is 12. The van der Waals surface area contributed by atoms with Gasteiger partial charge in [0.15, 0.2) is 17.6 Å². The third kappa shape index (κ3) is 6.36. The number of methoxy groups -OCH3 is 1. The first-order valence-electron chi connectivity index (χ1n) is 20.1. The van der Waals surface area contributed by atoms with Gasteiger partial charge in [-0.15, -0.1) is 0 Å². The number of nitrogens with zero attached hydrogens (tertiary/aromatic N) is 1. The summed E-state index contributed by atoms with van der Waals surface area (Å²) in [5.41, 5.74) is 11.1. The van der Waals surface area contributed by atoms with E-state index >= 15 is 0 Å². The fraction of sp³-hybridized carbons (Fsp3) is 0.413. The molecule has 57 heavy (non-hydrogen) atoms. The molecule has 0 bridgehead atoms. The summed E-state index contributed by atoms with van der Waals surface area (Å²) in [5.74, 6) is 2.18. The number of phenolic OH excluding ortho intramolecular Hbond substituents is 2. The highest BCUT2D eigenvalue weighted by molar-refractivity contribution is 5.89. The zero-order valence-electron chi connectivity index (χ0n) is 32.7. The lowest BCUT2D eigenvalue weighted by molar-refractivity contribution is -0.0436. The van der Waals surface area contributed by atoms with Crippen LogP contribution in [0.4, 0.5) is 0 Å². The van der Waals surface area contributed by atoms with Crippen molar-refractivity contribution in [1.29, 1.82) is 0 Å². The van der Waals surface area contributed by atoms with E-state index in [1.807, 2.05) is 32.3 Å². The van der Waals surface area contributed by atoms with Gasteiger partial charge in [0.2, 0.25) is 0 Å². The summed E-state index contributed by atoms with van der Waals surface area (Å²) in [6, 6.07) is 14.2. The topological polar surface area (TPSA) is 154 Å². The zero-order valence-corrected chi connectivity index (χ0v) is 32.7. The van der Waals surface area contributed by atoms with Crippen LogP contribution in [0.3, 0.4) is 0 Å². The van der Waals surface area contributed by atoms with Gasteiger partial charge in [0, 0.05) is 47.7 Å². The highest BCUT2D eigenvalue weighted by Gasteiger charge is 2.45. The van der Waals surface area contributed by atoms with Crippen LogP contribution in [0.15, 0.2) is 53.0 Å². The predicted molar refractivity (Wildman–Crippen MR) is 217 cm³/mol. The van der Waals surface area contributed by atoms with Crippen LogP contribution in [0.5, 0.6) is 28.7 Å². The second kappa shape index (κ2) is 15.4. The summed E-state index contributed by atoms with van der Waals surface area (Å²) < 4.78 is 26.3. The molecule has 5 atom stereocenters. The first-order chi connectivity index (χ1) is 27.9. The summed E-state index contributed by atoms with van der Waals surface area (Å²) in [4.78, 5) is 4.67. The van der Waals surface area contributed by atoms with Gasteiger partial charge in [0.25, 0.3) is 0 Å². The Hall–Kier alpha value is -4.91. The van der Waals surface area contributed by atoms with E-state index < -0.39 is 12.2 Å². The molecule has 0 unspecified atom stereocenters. The maximum absolute atomic E-state index is 11.5. The van der Waals surface area contributed by atoms with Crippen molar-refractivity contribution in [3.63, 3.8) is 0 Å². The molecule has 11 nitrogen and oxygen atoms in total. The molecule has 3 aliphatic heterocycles. The largest absolute Gasteiger partial charge is 0.507 e. The molecule has 0 aromatic heterocycles. The minimum Gasteiger partial charge on any atom is -0.507 e. The molecule has 0 spiro atoms. The molecule has 4 aromatic rings. The Morgan fingerprint density at radius 2 is 1.81 bits per heavy atom. The Balaban J connectivity index is 1.26. The Bertz CT molecular complexity index is 2390. The highest BCUT2D eigenvalue weighted by atomic mass is 16.6. The molecule has 0 amide bonds. The van der Waals surface area contributed by atoms with Gasteiger partial charge in [0.05, 0.1) is 32.3 Å². The number of fused-ring (bicyclic) bond motifs is 8. The van der Waals surface area contributed by atoms with Gasteiger partial charge >= 0.3 is 0 Å². The number of hydrogen-bond acceptors (Lipinski definition) is 11. The summed E-state index contributed by atoms with van der Waals surface area (Å²) in [5, 5.41) is 51.3. The zero-order chi connectivity index (χ0) is 39.4. The summed E-state index contributed by atoms with van der Waals surface area (Å²) in [6.07, 6.45) is 6.51. The third-order valence-electron chi connectivity index (χ3n) is 12.5. The van der Waals surface area contributed by atoms with Gasteiger partial charge in [-0.1, -0.05) is 18.2 Å². The van der Waals surface area contributed by atoms with E-state index in [1.54, 1.807) is 6.07 Å². The van der Waals surface area contributed by atoms with Gasteiger partial charge in [0.1, 0.15) is 29.5 Å². The SMILES string of the molecule is CNCO[C@@H]1Cc2c3c(c4c(c2O[C@@H]1c1cc(CCCO)c(O)c(OC)c1)CC[C@H](CO)O4)-c1ccc(O)c2c1[C@H](C3)[C@@H](c1ccc3c(c1)=CCN=3)C(CNC)=C2. The smallest absolute Gasteiger partial charge is 0.161 e. The fourth-order valence-corrected chi connectivity index (χ4v) is 10.0. The van der Waals surface area contributed by atoms with Gasteiger partial charge < -0.3 is 44.7 Å². The molecule has 9 rings (SSSR count). The van der Waals surface area contributed by atoms with Crippen molar-refractivity contribution in [3.8, 4) is 39.9 Å². The highest BCUT2D eigenvalue weighted by Crippen LogP contribution is 2.60. The van der Waals surface area contributed by atoms with Crippen molar-refractivity contribution in [3.05, 3.63) is 103 Å². The lowest BCUT2D eigenvalue weighted by atomic mass is 9.63. The molecule has 298 valence electrons. The first kappa shape index (κ1) is 37.7. The Labute approximate surface area is 332 Å². The number of aliphatic hydroxyl groups excluding tert-OH is 2. The standard InChI is InChI=1S/C46H51N3O8/c1-47-21-28-17-34-37(52)11-9-30-41(34)35(40(28)25-6-10-36-24(15-25)12-13-49-36)19-32-33-20-39(55-23-48-2)44(27-16-26(5-4-14-50)43(53)38(18-27)54-3)57-45(33)31-8-7-29(22-51)56-46(31)42(30)32/h6,9-12,15-18,29,35,39-40,44,47-48,50-53H,4-5,7-8,13-14,19-23H2,1-3H3/t29-,35-,39-,40+,44-/m1/s1. The first-order valence-corrected chi connectivity index (χ1v) is 20.1. The van der Waals surface area contributed by atoms with Crippen molar-refractivity contribution < 1.29 is 39.4 Å². The van der Waals surface area contributed by atoms with Crippen LogP contribution in [0.2, 0.25) is 0 Å². The molecule has 0 saturated heterocycles. The van der Waals surface area contributed by atoms with Gasteiger partial charge in [-0.05, 0) is 133 Å². The molecular weight excluding hydrogens is 723 g/mol. The van der Waals surface area contributed by atoms with E-state index in [4.69, 9.17) is 18.9 Å². The van der Waals surface area contributed by atoms with Crippen LogP contribution >= 0.6 is 0 Å². The summed E-state index contributed by atoms with van der Waals surface area (Å²) >= 11 is 0. The molecule has 6 N–H and O–H groups in total. The van der Waals surface area contributed by atoms with Crippen LogP contribution in [-0.2, 0) is 30.4 Å². The normalized spacial score (nSPS) is 22.3. The molecule has 11 heteroatoms. The van der Waals surface area contributed by atoms with Crippen molar-refractivity contribution in [1.82, 2.24) is 10.6 Å². The van der Waals surface area contributed by atoms with E-state index in [2.05, 4.69) is 46.0 Å². The number of hydrogen-bond donors (Lipinski definition) is 6. The van der Waals surface area contributed by atoms with Crippen LogP contribution in [0, 0.1) is 0 Å². The van der Waals surface area contributed by atoms with Crippen LogP contribution < -0.4 is 35.4 Å². The lowest BCUT2D eigenvalue weighted by Crippen LogP contribution is -2.38. The molecular formula is C46H51N3O8. The average Bonchev–Trinajstić information content (AvgIpc) is 3.71. The maximum Gasteiger partial charge on any atom is 0.161 e. The average molecular weight is 774 g/mol. The van der Waals surface area contributed by atoms with E-state index in [0.29, 0.717) is 69.7 Å². The number of likely N-dealkylation sites (N-methyl/N-ethyl adjacent to an activating group) is 1. The van der Waals surface area contributed by atoms with E-state index in [1.165, 1.54) is 18.2 Å². The van der Waals surface area contributed by atoms with Crippen LogP contribution in [0.25, 0.3) is 23.3 Å². The molecule has 0 fully saturated rings. The van der Waals surface area contributed by atoms with Gasteiger partial charge in [-0.25, -0.2) is 0 Å². The number of aliphatic hydroxyl groups is 2. The van der Waals surface area contributed by atoms with E-state index in [9.17, 15) is 20.4 Å². The van der Waals surface area contributed by atoms with Gasteiger partial charge in [-0.2, -0.15) is 0 Å². The van der Waals surface area contributed by atoms with E-state index in [-0.39, 0.29) is 42.7 Å². The Morgan fingerprint density at radius 3 is 2.60 bits per heavy atom. The summed E-state index contributed by atoms with van der Waals surface area (Å²) in [7, 11) is 5.35. The molecule has 0 radical (unpaired) electrons.